The Morgan fingerprint density at radius 1 is 1.10 bits per heavy atom. The number of hydrogen-bond donors (Lipinski definition) is 2. The lowest BCUT2D eigenvalue weighted by Crippen LogP contribution is -2.50. The quantitative estimate of drug-likeness (QED) is 0.310. The van der Waals surface area contributed by atoms with Crippen molar-refractivity contribution in [3.8, 4) is 11.4 Å². The van der Waals surface area contributed by atoms with E-state index in [0.717, 1.165) is 17.8 Å². The van der Waals surface area contributed by atoms with E-state index in [2.05, 4.69) is 31.9 Å². The predicted octanol–water partition coefficient (Wildman–Crippen LogP) is 1.47. The van der Waals surface area contributed by atoms with Crippen LogP contribution in [0.5, 0.6) is 0 Å². The summed E-state index contributed by atoms with van der Waals surface area (Å²) in [7, 11) is 0. The van der Waals surface area contributed by atoms with Crippen molar-refractivity contribution in [2.24, 2.45) is 0 Å². The number of pyridine rings is 1. The molecule has 2 aliphatic rings. The zero-order chi connectivity index (χ0) is 30.0. The average Bonchev–Trinajstić information content (AvgIpc) is 3.37. The molecule has 0 saturated carbocycles. The molecular weight excluding hydrogens is 562 g/mol. The van der Waals surface area contributed by atoms with Crippen LogP contribution in [0.2, 0.25) is 0 Å². The predicted molar refractivity (Wildman–Crippen MR) is 144 cm³/mol. The molecule has 3 aromatic rings. The van der Waals surface area contributed by atoms with Crippen LogP contribution in [0.1, 0.15) is 11.1 Å². The Morgan fingerprint density at radius 3 is 2.48 bits per heavy atom. The van der Waals surface area contributed by atoms with Gasteiger partial charge in [0.05, 0.1) is 30.9 Å². The van der Waals surface area contributed by atoms with Gasteiger partial charge >= 0.3 is 6.18 Å². The minimum absolute atomic E-state index is 0.137. The number of carbonyl (C=O) groups excluding carboxylic acids is 2. The summed E-state index contributed by atoms with van der Waals surface area (Å²) in [6.07, 6.45) is -1.91. The number of nitrogens with two attached hydrogens (primary N) is 1. The Hall–Kier alpha value is -4.31. The van der Waals surface area contributed by atoms with Crippen molar-refractivity contribution < 1.29 is 31.9 Å². The molecule has 0 atom stereocenters. The van der Waals surface area contributed by atoms with Crippen molar-refractivity contribution in [3.05, 3.63) is 48.1 Å². The van der Waals surface area contributed by atoms with E-state index in [1.807, 2.05) is 11.0 Å². The van der Waals surface area contributed by atoms with Gasteiger partial charge in [-0.3, -0.25) is 14.5 Å². The number of ether oxygens (including phenoxy) is 1. The van der Waals surface area contributed by atoms with Gasteiger partial charge in [0.1, 0.15) is 11.3 Å². The number of rotatable bonds is 7. The van der Waals surface area contributed by atoms with E-state index in [1.165, 1.54) is 4.52 Å². The number of nitrogens with one attached hydrogen (secondary N) is 1. The number of piperazine rings is 1. The Balaban J connectivity index is 1.37. The highest BCUT2D eigenvalue weighted by Crippen LogP contribution is 2.37. The Labute approximate surface area is 237 Å². The van der Waals surface area contributed by atoms with Gasteiger partial charge in [0.15, 0.2) is 17.5 Å². The third-order valence-electron chi connectivity index (χ3n) is 7.06. The first-order chi connectivity index (χ1) is 20.0. The molecule has 0 bridgehead atoms. The number of halogens is 4. The number of morpholine rings is 1. The van der Waals surface area contributed by atoms with E-state index < -0.39 is 23.5 Å². The molecular formula is C26H29F4N9O3. The molecule has 12 nitrogen and oxygen atoms in total. The second-order valence-corrected chi connectivity index (χ2v) is 9.93. The molecule has 0 unspecified atom stereocenters. The summed E-state index contributed by atoms with van der Waals surface area (Å²) in [5.41, 5.74) is 5.79. The van der Waals surface area contributed by atoms with Crippen molar-refractivity contribution in [3.63, 3.8) is 0 Å². The molecule has 2 aliphatic heterocycles. The third kappa shape index (κ3) is 6.44. The third-order valence-corrected chi connectivity index (χ3v) is 7.06. The van der Waals surface area contributed by atoms with E-state index in [9.17, 15) is 27.2 Å². The number of amides is 2. The summed E-state index contributed by atoms with van der Waals surface area (Å²) in [5.74, 6) is -2.43. The average molecular weight is 592 g/mol. The van der Waals surface area contributed by atoms with Gasteiger partial charge in [0.25, 0.3) is 5.91 Å². The summed E-state index contributed by atoms with van der Waals surface area (Å²) < 4.78 is 61.5. The maximum absolute atomic E-state index is 13.9. The van der Waals surface area contributed by atoms with Crippen LogP contribution in [-0.2, 0) is 27.0 Å². The first kappa shape index (κ1) is 29.2. The number of anilines is 2. The van der Waals surface area contributed by atoms with Crippen molar-refractivity contribution in [1.82, 2.24) is 34.7 Å². The number of carbonyl (C=O) groups is 2. The SMILES string of the molecule is C=C(F)C(=O)NCC(=O)N1CCN(Cc2cc3c(N4CCOCC4)nc(-c4cnc(N)cc4C(F)(F)F)nn3c2)CC1. The topological polar surface area (TPSA) is 134 Å². The van der Waals surface area contributed by atoms with Crippen LogP contribution >= 0.6 is 0 Å². The van der Waals surface area contributed by atoms with Crippen LogP contribution in [0.15, 0.2) is 36.9 Å². The lowest BCUT2D eigenvalue weighted by atomic mass is 10.1. The zero-order valence-corrected chi connectivity index (χ0v) is 22.5. The van der Waals surface area contributed by atoms with Gasteiger partial charge in [-0.15, -0.1) is 5.10 Å². The van der Waals surface area contributed by atoms with E-state index in [4.69, 9.17) is 10.5 Å². The lowest BCUT2D eigenvalue weighted by Gasteiger charge is -2.34. The molecule has 224 valence electrons. The molecule has 5 rings (SSSR count). The monoisotopic (exact) mass is 591 g/mol. The number of aromatic nitrogens is 4. The normalized spacial score (nSPS) is 16.6. The van der Waals surface area contributed by atoms with Gasteiger partial charge < -0.3 is 25.6 Å². The van der Waals surface area contributed by atoms with E-state index in [0.29, 0.717) is 70.4 Å². The number of hydrogen-bond acceptors (Lipinski definition) is 9. The minimum Gasteiger partial charge on any atom is -0.384 e. The van der Waals surface area contributed by atoms with Gasteiger partial charge in [-0.25, -0.2) is 18.9 Å². The van der Waals surface area contributed by atoms with Crippen LogP contribution in [0.3, 0.4) is 0 Å². The highest BCUT2D eigenvalue weighted by Gasteiger charge is 2.36. The summed E-state index contributed by atoms with van der Waals surface area (Å²) in [6, 6.07) is 2.67. The lowest BCUT2D eigenvalue weighted by molar-refractivity contribution is -0.137. The summed E-state index contributed by atoms with van der Waals surface area (Å²) in [4.78, 5) is 37.8. The standard InChI is InChI=1S/C26H29F4N9O3/c1-16(27)25(41)33-13-22(40)37-4-2-36(3-5-37)14-17-10-20-24(38-6-8-42-9-7-38)34-23(35-39(20)15-17)18-12-32-21(31)11-19(18)26(28,29)30/h10-12,15H,1-9,13-14H2,(H2,31,32)(H,33,41). The molecule has 3 aromatic heterocycles. The second kappa shape index (κ2) is 11.9. The molecule has 16 heteroatoms. The van der Waals surface area contributed by atoms with Crippen LogP contribution in [0.25, 0.3) is 16.9 Å². The van der Waals surface area contributed by atoms with Crippen LogP contribution in [0.4, 0.5) is 29.2 Å². The zero-order valence-electron chi connectivity index (χ0n) is 22.5. The molecule has 0 aliphatic carbocycles. The minimum atomic E-state index is -4.69. The Morgan fingerprint density at radius 2 is 1.81 bits per heavy atom. The molecule has 0 spiro atoms. The molecule has 5 heterocycles. The van der Waals surface area contributed by atoms with Gasteiger partial charge in [-0.05, 0) is 17.7 Å². The largest absolute Gasteiger partial charge is 0.417 e. The molecule has 2 saturated heterocycles. The van der Waals surface area contributed by atoms with Gasteiger partial charge in [-0.1, -0.05) is 6.58 Å². The Bertz CT molecular complexity index is 1500. The maximum Gasteiger partial charge on any atom is 0.417 e. The second-order valence-electron chi connectivity index (χ2n) is 9.93. The van der Waals surface area contributed by atoms with E-state index in [-0.39, 0.29) is 29.7 Å². The molecule has 0 aromatic carbocycles. The fourth-order valence-corrected chi connectivity index (χ4v) is 4.91. The smallest absolute Gasteiger partial charge is 0.384 e. The summed E-state index contributed by atoms with van der Waals surface area (Å²) in [5, 5.41) is 6.62. The van der Waals surface area contributed by atoms with Crippen molar-refractivity contribution in [2.45, 2.75) is 12.7 Å². The maximum atomic E-state index is 13.9. The molecule has 3 N–H and O–H groups in total. The van der Waals surface area contributed by atoms with Crippen LogP contribution < -0.4 is 16.0 Å². The fraction of sp³-hybridized carbons (Fsp3) is 0.423. The highest BCUT2D eigenvalue weighted by atomic mass is 19.4. The fourth-order valence-electron chi connectivity index (χ4n) is 4.91. The number of fused-ring (bicyclic) bond motifs is 1. The van der Waals surface area contributed by atoms with Crippen LogP contribution in [-0.4, -0.2) is 100 Å². The number of nitrogens with zero attached hydrogens (tertiary/aromatic N) is 7. The van der Waals surface area contributed by atoms with Crippen molar-refractivity contribution >= 4 is 29.0 Å². The van der Waals surface area contributed by atoms with E-state index >= 15 is 0 Å². The molecule has 42 heavy (non-hydrogen) atoms. The molecule has 0 radical (unpaired) electrons. The Kier molecular flexibility index (Phi) is 8.27. The molecule has 2 fully saturated rings. The first-order valence-corrected chi connectivity index (χ1v) is 13.2. The first-order valence-electron chi connectivity index (χ1n) is 13.2. The van der Waals surface area contributed by atoms with Gasteiger partial charge in [0.2, 0.25) is 5.91 Å². The van der Waals surface area contributed by atoms with E-state index in [1.54, 1.807) is 11.1 Å². The van der Waals surface area contributed by atoms with Gasteiger partial charge in [-0.2, -0.15) is 13.2 Å². The van der Waals surface area contributed by atoms with Gasteiger partial charge in [0, 0.05) is 58.2 Å². The van der Waals surface area contributed by atoms with Crippen LogP contribution in [0, 0.1) is 0 Å². The summed E-state index contributed by atoms with van der Waals surface area (Å²) >= 11 is 0. The van der Waals surface area contributed by atoms with Crippen molar-refractivity contribution in [1.29, 1.82) is 0 Å². The summed E-state index contributed by atoms with van der Waals surface area (Å²) in [6.45, 7) is 6.90. The highest BCUT2D eigenvalue weighted by molar-refractivity contribution is 5.93. The molecule has 2 amide bonds. The van der Waals surface area contributed by atoms with Crippen molar-refractivity contribution in [2.75, 3.05) is 69.7 Å². The number of alkyl halides is 3. The number of nitrogen functional groups attached to an aromatic ring is 1.